The van der Waals surface area contributed by atoms with Gasteiger partial charge in [0, 0.05) is 5.69 Å². The molecule has 0 bridgehead atoms. The molecule has 0 saturated carbocycles. The topological polar surface area (TPSA) is 102 Å². The van der Waals surface area contributed by atoms with Crippen molar-refractivity contribution in [3.05, 3.63) is 70.6 Å². The Bertz CT molecular complexity index is 1260. The van der Waals surface area contributed by atoms with Gasteiger partial charge in [0.15, 0.2) is 10.8 Å². The van der Waals surface area contributed by atoms with E-state index in [0.29, 0.717) is 34.2 Å². The zero-order chi connectivity index (χ0) is 21.8. The molecule has 0 atom stereocenters. The number of aryl methyl sites for hydroxylation is 1. The highest BCUT2D eigenvalue weighted by molar-refractivity contribution is 7.99. The summed E-state index contributed by atoms with van der Waals surface area (Å²) in [5.41, 5.74) is 2.58. The number of benzene rings is 2. The van der Waals surface area contributed by atoms with Crippen molar-refractivity contribution in [2.75, 3.05) is 17.7 Å². The van der Waals surface area contributed by atoms with E-state index in [0.717, 1.165) is 11.3 Å². The third-order valence-corrected chi connectivity index (χ3v) is 5.46. The van der Waals surface area contributed by atoms with Crippen molar-refractivity contribution in [2.45, 2.75) is 19.0 Å². The number of amides is 1. The van der Waals surface area contributed by atoms with Gasteiger partial charge in [0.25, 0.3) is 5.56 Å². The van der Waals surface area contributed by atoms with Crippen molar-refractivity contribution < 1.29 is 9.53 Å². The van der Waals surface area contributed by atoms with Crippen LogP contribution in [-0.2, 0) is 4.79 Å². The molecule has 0 saturated heterocycles. The first-order valence-electron chi connectivity index (χ1n) is 9.74. The molecule has 9 heteroatoms. The maximum absolute atomic E-state index is 13.1. The molecular formula is C22H21N5O3S. The lowest BCUT2D eigenvalue weighted by atomic mass is 10.2. The number of rotatable bonds is 7. The maximum Gasteiger partial charge on any atom is 0.269 e. The van der Waals surface area contributed by atoms with Crippen molar-refractivity contribution in [3.63, 3.8) is 0 Å². The lowest BCUT2D eigenvalue weighted by molar-refractivity contribution is -0.113. The Balaban J connectivity index is 1.56. The Kier molecular flexibility index (Phi) is 6.03. The molecule has 0 aliphatic carbocycles. The quantitative estimate of drug-likeness (QED) is 0.340. The fourth-order valence-electron chi connectivity index (χ4n) is 3.02. The molecule has 0 unspecified atom stereocenters. The van der Waals surface area contributed by atoms with Gasteiger partial charge in [0.1, 0.15) is 11.1 Å². The smallest absolute Gasteiger partial charge is 0.269 e. The number of thioether (sulfide) groups is 1. The number of carbonyl (C=O) groups is 1. The minimum atomic E-state index is -0.239. The molecule has 0 radical (unpaired) electrons. The molecule has 2 aromatic heterocycles. The van der Waals surface area contributed by atoms with E-state index < -0.39 is 0 Å². The summed E-state index contributed by atoms with van der Waals surface area (Å²) in [6.45, 7) is 4.47. The van der Waals surface area contributed by atoms with Gasteiger partial charge in [-0.25, -0.2) is 4.98 Å². The van der Waals surface area contributed by atoms with Crippen molar-refractivity contribution in [2.24, 2.45) is 0 Å². The number of anilines is 1. The Morgan fingerprint density at radius 3 is 2.61 bits per heavy atom. The lowest BCUT2D eigenvalue weighted by Gasteiger charge is -2.12. The Morgan fingerprint density at radius 1 is 1.16 bits per heavy atom. The number of hydrogen-bond acceptors (Lipinski definition) is 6. The fraction of sp³-hybridized carbons (Fsp3) is 0.182. The van der Waals surface area contributed by atoms with Gasteiger partial charge in [-0.2, -0.15) is 5.10 Å². The zero-order valence-corrected chi connectivity index (χ0v) is 17.9. The molecule has 2 heterocycles. The number of aromatic nitrogens is 4. The van der Waals surface area contributed by atoms with E-state index in [9.17, 15) is 9.59 Å². The van der Waals surface area contributed by atoms with Crippen molar-refractivity contribution in [1.82, 2.24) is 19.7 Å². The molecule has 8 nitrogen and oxygen atoms in total. The average molecular weight is 436 g/mol. The van der Waals surface area contributed by atoms with E-state index in [1.54, 1.807) is 24.3 Å². The van der Waals surface area contributed by atoms with Crippen LogP contribution in [0, 0.1) is 6.92 Å². The van der Waals surface area contributed by atoms with Gasteiger partial charge in [-0.15, -0.1) is 0 Å². The van der Waals surface area contributed by atoms with Crippen LogP contribution in [0.2, 0.25) is 0 Å². The third-order valence-electron chi connectivity index (χ3n) is 4.53. The highest BCUT2D eigenvalue weighted by Crippen LogP contribution is 2.22. The molecular weight excluding hydrogens is 414 g/mol. The highest BCUT2D eigenvalue weighted by atomic mass is 32.2. The van der Waals surface area contributed by atoms with Crippen LogP contribution in [0.15, 0.2) is 64.7 Å². The average Bonchev–Trinajstić information content (AvgIpc) is 3.24. The van der Waals surface area contributed by atoms with E-state index in [1.807, 2.05) is 38.1 Å². The number of nitrogens with zero attached hydrogens (tertiary/aromatic N) is 3. The van der Waals surface area contributed by atoms with Crippen molar-refractivity contribution in [1.29, 1.82) is 0 Å². The predicted molar refractivity (Wildman–Crippen MR) is 121 cm³/mol. The Morgan fingerprint density at radius 2 is 1.90 bits per heavy atom. The summed E-state index contributed by atoms with van der Waals surface area (Å²) in [5.74, 6) is 0.628. The van der Waals surface area contributed by atoms with E-state index in [2.05, 4.69) is 20.5 Å². The second kappa shape index (κ2) is 9.05. The largest absolute Gasteiger partial charge is 0.494 e. The van der Waals surface area contributed by atoms with E-state index >= 15 is 0 Å². The van der Waals surface area contributed by atoms with Crippen LogP contribution in [-0.4, -0.2) is 38.0 Å². The minimum Gasteiger partial charge on any atom is -0.494 e. The number of hydrogen-bond donors (Lipinski definition) is 2. The van der Waals surface area contributed by atoms with Crippen LogP contribution in [0.25, 0.3) is 16.7 Å². The van der Waals surface area contributed by atoms with Crippen molar-refractivity contribution in [3.8, 4) is 11.4 Å². The molecule has 0 aliphatic heterocycles. The summed E-state index contributed by atoms with van der Waals surface area (Å²) < 4.78 is 6.91. The Hall–Kier alpha value is -3.59. The number of H-pyrrole nitrogens is 1. The second-order valence-electron chi connectivity index (χ2n) is 6.80. The van der Waals surface area contributed by atoms with Crippen molar-refractivity contribution >= 4 is 34.4 Å². The molecule has 0 aliphatic rings. The van der Waals surface area contributed by atoms with Gasteiger partial charge in [-0.05, 0) is 50.2 Å². The molecule has 158 valence electrons. The predicted octanol–water partition coefficient (Wildman–Crippen LogP) is 3.55. The first-order chi connectivity index (χ1) is 15.0. The number of aromatic amines is 1. The third kappa shape index (κ3) is 4.61. The van der Waals surface area contributed by atoms with Crippen LogP contribution in [0.4, 0.5) is 5.69 Å². The standard InChI is InChI=1S/C22H21N5O3S/c1-3-30-17-10-6-15(7-11-17)24-19(28)13-31-22-25-20-18(12-23-26-20)21(29)27(22)16-8-4-14(2)5-9-16/h4-12H,3,13H2,1-2H3,(H,23,26)(H,24,28). The monoisotopic (exact) mass is 435 g/mol. The first-order valence-corrected chi connectivity index (χ1v) is 10.7. The van der Waals surface area contributed by atoms with E-state index in [1.165, 1.54) is 22.5 Å². The van der Waals surface area contributed by atoms with Gasteiger partial charge >= 0.3 is 0 Å². The molecule has 4 rings (SSSR count). The maximum atomic E-state index is 13.1. The van der Waals surface area contributed by atoms with E-state index in [-0.39, 0.29) is 17.2 Å². The molecule has 4 aromatic rings. The van der Waals surface area contributed by atoms with E-state index in [4.69, 9.17) is 4.74 Å². The summed E-state index contributed by atoms with van der Waals surface area (Å²) in [5, 5.41) is 10.3. The second-order valence-corrected chi connectivity index (χ2v) is 7.74. The number of ether oxygens (including phenoxy) is 1. The van der Waals surface area contributed by atoms with Crippen LogP contribution in [0.1, 0.15) is 12.5 Å². The van der Waals surface area contributed by atoms with Gasteiger partial charge in [0.05, 0.1) is 24.2 Å². The normalized spacial score (nSPS) is 10.9. The minimum absolute atomic E-state index is 0.0884. The summed E-state index contributed by atoms with van der Waals surface area (Å²) in [4.78, 5) is 30.1. The van der Waals surface area contributed by atoms with Crippen LogP contribution in [0.3, 0.4) is 0 Å². The first kappa shape index (κ1) is 20.7. The van der Waals surface area contributed by atoms with Gasteiger partial charge in [0.2, 0.25) is 5.91 Å². The lowest BCUT2D eigenvalue weighted by Crippen LogP contribution is -2.22. The van der Waals surface area contributed by atoms with Gasteiger partial charge in [-0.1, -0.05) is 29.5 Å². The molecule has 31 heavy (non-hydrogen) atoms. The molecule has 1 amide bonds. The summed E-state index contributed by atoms with van der Waals surface area (Å²) >= 11 is 1.18. The Labute approximate surface area is 182 Å². The number of carbonyl (C=O) groups excluding carboxylic acids is 1. The SMILES string of the molecule is CCOc1ccc(NC(=O)CSc2nc3[nH]ncc3c(=O)n2-c2ccc(C)cc2)cc1. The molecule has 0 fully saturated rings. The zero-order valence-electron chi connectivity index (χ0n) is 17.1. The number of nitrogens with one attached hydrogen (secondary N) is 2. The molecule has 2 aromatic carbocycles. The van der Waals surface area contributed by atoms with Crippen LogP contribution in [0.5, 0.6) is 5.75 Å². The molecule has 0 spiro atoms. The summed E-state index contributed by atoms with van der Waals surface area (Å²) in [7, 11) is 0. The van der Waals surface area contributed by atoms with Crippen LogP contribution >= 0.6 is 11.8 Å². The van der Waals surface area contributed by atoms with Gasteiger partial charge < -0.3 is 10.1 Å². The van der Waals surface area contributed by atoms with Crippen LogP contribution < -0.4 is 15.6 Å². The summed E-state index contributed by atoms with van der Waals surface area (Å²) in [6.07, 6.45) is 1.46. The highest BCUT2D eigenvalue weighted by Gasteiger charge is 2.16. The fourth-order valence-corrected chi connectivity index (χ4v) is 3.83. The molecule has 2 N–H and O–H groups in total. The number of fused-ring (bicyclic) bond motifs is 1. The summed E-state index contributed by atoms with van der Waals surface area (Å²) in [6, 6.07) is 14.7. The van der Waals surface area contributed by atoms with Gasteiger partial charge in [-0.3, -0.25) is 19.3 Å².